The van der Waals surface area contributed by atoms with Crippen molar-refractivity contribution in [2.24, 2.45) is 7.05 Å². The van der Waals surface area contributed by atoms with Crippen LogP contribution in [-0.2, 0) is 48.5 Å². The summed E-state index contributed by atoms with van der Waals surface area (Å²) in [5.41, 5.74) is 5.01. The molecule has 0 saturated carbocycles. The van der Waals surface area contributed by atoms with E-state index in [0.29, 0.717) is 25.3 Å². The molecule has 4 rings (SSSR count). The van der Waals surface area contributed by atoms with Crippen LogP contribution in [0.25, 0.3) is 4.85 Å². The van der Waals surface area contributed by atoms with E-state index in [-0.39, 0.29) is 6.42 Å². The van der Waals surface area contributed by atoms with Gasteiger partial charge < -0.3 is 14.7 Å². The number of fused-ring (bicyclic) bond motifs is 1. The fourth-order valence-corrected chi connectivity index (χ4v) is 5.27. The summed E-state index contributed by atoms with van der Waals surface area (Å²) in [6, 6.07) is 14.2. The summed E-state index contributed by atoms with van der Waals surface area (Å²) in [6.07, 6.45) is 5.54. The van der Waals surface area contributed by atoms with E-state index in [1.165, 1.54) is 24.1 Å². The van der Waals surface area contributed by atoms with Crippen molar-refractivity contribution in [1.82, 2.24) is 14.8 Å². The van der Waals surface area contributed by atoms with Gasteiger partial charge in [-0.15, -0.1) is 0 Å². The molecule has 1 aromatic carbocycles. The van der Waals surface area contributed by atoms with Crippen molar-refractivity contribution in [3.05, 3.63) is 87.2 Å². The number of aliphatic carboxylic acids is 1. The van der Waals surface area contributed by atoms with Crippen molar-refractivity contribution in [3.63, 3.8) is 0 Å². The number of hydrogen-bond donors (Lipinski definition) is 1. The molecule has 1 unspecified atom stereocenters. The highest BCUT2D eigenvalue weighted by Crippen LogP contribution is 2.35. The van der Waals surface area contributed by atoms with Gasteiger partial charge in [-0.2, -0.15) is 10.4 Å². The minimum atomic E-state index is -0.920. The summed E-state index contributed by atoms with van der Waals surface area (Å²) in [6.45, 7) is 15.5. The smallest absolute Gasteiger partial charge is 0.303 e. The number of ether oxygens (including phenoxy) is 1. The molecule has 0 bridgehead atoms. The van der Waals surface area contributed by atoms with Crippen LogP contribution in [0.3, 0.4) is 0 Å². The SMILES string of the molecule is [C-]#[N+]C(C)(C)c1cc(C(CC(=O)O)Cc2cc(OCCc3ccc4c(n3)CCCC4)n(C)n2)cc(C(C)(C)C#N)c1. The predicted molar refractivity (Wildman–Crippen MR) is 157 cm³/mol. The highest BCUT2D eigenvalue weighted by atomic mass is 16.5. The minimum Gasteiger partial charge on any atom is -0.481 e. The Balaban J connectivity index is 1.54. The first-order valence-electron chi connectivity index (χ1n) is 14.2. The van der Waals surface area contributed by atoms with E-state index in [0.717, 1.165) is 40.9 Å². The first kappa shape index (κ1) is 29.8. The quantitative estimate of drug-likeness (QED) is 0.289. The van der Waals surface area contributed by atoms with Gasteiger partial charge >= 0.3 is 5.97 Å². The average molecular weight is 554 g/mol. The number of carboxylic acids is 1. The van der Waals surface area contributed by atoms with Gasteiger partial charge in [-0.25, -0.2) is 11.3 Å². The van der Waals surface area contributed by atoms with Crippen LogP contribution in [0.15, 0.2) is 36.4 Å². The maximum atomic E-state index is 11.9. The summed E-state index contributed by atoms with van der Waals surface area (Å²) in [4.78, 5) is 20.6. The zero-order valence-electron chi connectivity index (χ0n) is 24.7. The number of benzene rings is 1. The molecule has 2 heterocycles. The number of aryl methyl sites for hydroxylation is 3. The lowest BCUT2D eigenvalue weighted by molar-refractivity contribution is -0.137. The lowest BCUT2D eigenvalue weighted by atomic mass is 9.79. The van der Waals surface area contributed by atoms with E-state index in [1.807, 2.05) is 59.0 Å². The number of aromatic nitrogens is 3. The Morgan fingerprint density at radius 2 is 1.88 bits per heavy atom. The van der Waals surface area contributed by atoms with Crippen molar-refractivity contribution >= 4 is 5.97 Å². The number of nitrogens with zero attached hydrogens (tertiary/aromatic N) is 5. The third-order valence-corrected chi connectivity index (χ3v) is 8.02. The molecule has 1 atom stereocenters. The van der Waals surface area contributed by atoms with E-state index >= 15 is 0 Å². The molecule has 8 heteroatoms. The molecule has 3 aromatic rings. The van der Waals surface area contributed by atoms with E-state index in [9.17, 15) is 15.2 Å². The highest BCUT2D eigenvalue weighted by Gasteiger charge is 2.31. The van der Waals surface area contributed by atoms with Crippen LogP contribution in [0.2, 0.25) is 0 Å². The molecular formula is C33H39N5O3. The summed E-state index contributed by atoms with van der Waals surface area (Å²) in [5, 5.41) is 24.2. The van der Waals surface area contributed by atoms with Crippen LogP contribution >= 0.6 is 0 Å². The maximum absolute atomic E-state index is 11.9. The molecule has 0 saturated heterocycles. The Hall–Kier alpha value is -4.17. The summed E-state index contributed by atoms with van der Waals surface area (Å²) in [5.74, 6) is -0.707. The second-order valence-corrected chi connectivity index (χ2v) is 12.1. The normalized spacial score (nSPS) is 14.0. The fraction of sp³-hybridized carbons (Fsp3) is 0.485. The van der Waals surface area contributed by atoms with Crippen molar-refractivity contribution < 1.29 is 14.6 Å². The molecule has 1 N–H and O–H groups in total. The Labute approximate surface area is 242 Å². The van der Waals surface area contributed by atoms with Gasteiger partial charge in [0.2, 0.25) is 5.88 Å². The van der Waals surface area contributed by atoms with Gasteiger partial charge in [0.05, 0.1) is 30.2 Å². The van der Waals surface area contributed by atoms with Gasteiger partial charge in [-0.1, -0.05) is 12.1 Å². The first-order chi connectivity index (χ1) is 19.4. The second kappa shape index (κ2) is 12.1. The van der Waals surface area contributed by atoms with Crippen LogP contribution in [0.1, 0.15) is 92.2 Å². The Morgan fingerprint density at radius 3 is 2.59 bits per heavy atom. The summed E-state index contributed by atoms with van der Waals surface area (Å²) in [7, 11) is 1.81. The standard InChI is InChI=1S/C33H39N5O3/c1-32(2,21-34)25-15-23(16-26(19-25)33(3,4)35-5)24(18-31(39)40)17-28-20-30(38(6)37-28)41-14-13-27-12-11-22-9-7-8-10-29(22)36-27/h11-12,15-16,19-20,24H,7-10,13-14,17-18H2,1-4,6H3,(H,39,40). The van der Waals surface area contributed by atoms with Crippen molar-refractivity contribution in [2.45, 2.75) is 89.5 Å². The average Bonchev–Trinajstić information content (AvgIpc) is 3.30. The van der Waals surface area contributed by atoms with Crippen LogP contribution < -0.4 is 4.74 Å². The zero-order valence-corrected chi connectivity index (χ0v) is 24.7. The van der Waals surface area contributed by atoms with Crippen LogP contribution in [0.4, 0.5) is 0 Å². The van der Waals surface area contributed by atoms with Crippen LogP contribution in [0.5, 0.6) is 5.88 Å². The molecule has 8 nitrogen and oxygen atoms in total. The molecule has 0 fully saturated rings. The number of pyridine rings is 1. The summed E-state index contributed by atoms with van der Waals surface area (Å²) >= 11 is 0. The van der Waals surface area contributed by atoms with Crippen LogP contribution in [-0.4, -0.2) is 32.4 Å². The lowest BCUT2D eigenvalue weighted by Gasteiger charge is -2.24. The Kier molecular flexibility index (Phi) is 8.83. The van der Waals surface area contributed by atoms with E-state index in [1.54, 1.807) is 4.68 Å². The molecule has 41 heavy (non-hydrogen) atoms. The van der Waals surface area contributed by atoms with Gasteiger partial charge in [0.15, 0.2) is 0 Å². The molecule has 0 aliphatic heterocycles. The molecule has 1 aliphatic carbocycles. The lowest BCUT2D eigenvalue weighted by Crippen LogP contribution is -2.20. The first-order valence-corrected chi connectivity index (χ1v) is 14.2. The molecule has 0 spiro atoms. The number of carboxylic acid groups (broad SMARTS) is 1. The van der Waals surface area contributed by atoms with Gasteiger partial charge in [-0.05, 0) is 86.8 Å². The van der Waals surface area contributed by atoms with Gasteiger partial charge in [0.25, 0.3) is 5.54 Å². The zero-order chi connectivity index (χ0) is 29.8. The van der Waals surface area contributed by atoms with Gasteiger partial charge in [0.1, 0.15) is 0 Å². The highest BCUT2D eigenvalue weighted by molar-refractivity contribution is 5.68. The van der Waals surface area contributed by atoms with E-state index in [4.69, 9.17) is 16.3 Å². The largest absolute Gasteiger partial charge is 0.481 e. The fourth-order valence-electron chi connectivity index (χ4n) is 5.27. The summed E-state index contributed by atoms with van der Waals surface area (Å²) < 4.78 is 7.74. The topological polar surface area (TPSA) is 105 Å². The van der Waals surface area contributed by atoms with Gasteiger partial charge in [0, 0.05) is 50.3 Å². The van der Waals surface area contributed by atoms with Gasteiger partial charge in [-0.3, -0.25) is 9.78 Å². The molecule has 0 radical (unpaired) electrons. The molecule has 2 aromatic heterocycles. The Morgan fingerprint density at radius 1 is 1.15 bits per heavy atom. The van der Waals surface area contributed by atoms with Crippen molar-refractivity contribution in [2.75, 3.05) is 6.61 Å². The number of rotatable bonds is 11. The van der Waals surface area contributed by atoms with Crippen molar-refractivity contribution in [3.8, 4) is 11.9 Å². The third kappa shape index (κ3) is 7.13. The van der Waals surface area contributed by atoms with E-state index < -0.39 is 22.8 Å². The van der Waals surface area contributed by atoms with E-state index in [2.05, 4.69) is 28.1 Å². The van der Waals surface area contributed by atoms with Crippen molar-refractivity contribution in [1.29, 1.82) is 5.26 Å². The molecule has 1 aliphatic rings. The third-order valence-electron chi connectivity index (χ3n) is 8.02. The number of nitriles is 1. The van der Waals surface area contributed by atoms with Crippen LogP contribution in [0, 0.1) is 17.9 Å². The predicted octanol–water partition coefficient (Wildman–Crippen LogP) is 6.07. The number of hydrogen-bond acceptors (Lipinski definition) is 5. The Bertz CT molecular complexity index is 1460. The number of carbonyl (C=O) groups is 1. The monoisotopic (exact) mass is 553 g/mol. The molecule has 214 valence electrons. The molecular weight excluding hydrogens is 514 g/mol. The maximum Gasteiger partial charge on any atom is 0.303 e. The second-order valence-electron chi connectivity index (χ2n) is 12.1. The molecule has 0 amide bonds. The minimum absolute atomic E-state index is 0.106.